The molecule has 7 nitrogen and oxygen atoms in total. The Morgan fingerprint density at radius 3 is 2.91 bits per heavy atom. The molecule has 0 aliphatic carbocycles. The maximum atomic E-state index is 11.9. The molecule has 0 aliphatic rings. The van der Waals surface area contributed by atoms with Crippen molar-refractivity contribution < 1.29 is 9.67 Å². The fraction of sp³-hybridized carbons (Fsp3) is 0.188. The highest BCUT2D eigenvalue weighted by Gasteiger charge is 2.12. The average molecular weight is 312 g/mol. The third kappa shape index (κ3) is 2.74. The zero-order valence-electron chi connectivity index (χ0n) is 12.7. The third-order valence-electron chi connectivity index (χ3n) is 3.75. The minimum atomic E-state index is -0.379. The number of rotatable bonds is 4. The van der Waals surface area contributed by atoms with E-state index in [1.807, 2.05) is 48.0 Å². The van der Waals surface area contributed by atoms with E-state index in [0.717, 1.165) is 16.6 Å². The zero-order chi connectivity index (χ0) is 16.4. The van der Waals surface area contributed by atoms with Crippen LogP contribution >= 0.6 is 0 Å². The first-order chi connectivity index (χ1) is 11.1. The maximum Gasteiger partial charge on any atom is 0.292 e. The number of pyridine rings is 1. The molecule has 0 spiro atoms. The molecular weight excluding hydrogens is 294 g/mol. The number of nitrogens with one attached hydrogen (secondary N) is 1. The summed E-state index contributed by atoms with van der Waals surface area (Å²) in [5.41, 5.74) is 7.56. The van der Waals surface area contributed by atoms with E-state index in [9.17, 15) is 4.79 Å². The van der Waals surface area contributed by atoms with Crippen molar-refractivity contribution in [2.75, 3.05) is 12.3 Å². The number of nitrogens with two attached hydrogens (primary N) is 1. The average Bonchev–Trinajstić information content (AvgIpc) is 2.82. The lowest BCUT2D eigenvalue weighted by Crippen LogP contribution is -2.34. The largest absolute Gasteiger partial charge is 0.394 e. The van der Waals surface area contributed by atoms with Gasteiger partial charge in [0.15, 0.2) is 5.69 Å². The normalized spacial score (nSPS) is 11.6. The Bertz CT molecular complexity index is 939. The van der Waals surface area contributed by atoms with Crippen molar-refractivity contribution in [3.8, 4) is 0 Å². The summed E-state index contributed by atoms with van der Waals surface area (Å²) in [4.78, 5) is 16.1. The number of aliphatic imine (C=N–C) groups is 1. The summed E-state index contributed by atoms with van der Waals surface area (Å²) in [7, 11) is 1.94. The van der Waals surface area contributed by atoms with Crippen LogP contribution < -0.4 is 15.9 Å². The molecule has 0 fully saturated rings. The standard InChI is InChI=1S/C16H17N5O2/c1-20-12(7-6-11-4-2-3-5-13(11)20)10-18-14-15(17)21(8-9-22)19-16(14)23/h2-7,10,17,22H,8-9H2,1H3,(H,19,23)/p+1. The van der Waals surface area contributed by atoms with E-state index in [-0.39, 0.29) is 30.2 Å². The van der Waals surface area contributed by atoms with Gasteiger partial charge in [-0.05, 0) is 12.1 Å². The van der Waals surface area contributed by atoms with E-state index in [0.29, 0.717) is 0 Å². The second kappa shape index (κ2) is 6.05. The van der Waals surface area contributed by atoms with E-state index >= 15 is 0 Å². The summed E-state index contributed by atoms with van der Waals surface area (Å²) in [6.07, 6.45) is 1.61. The summed E-state index contributed by atoms with van der Waals surface area (Å²) in [5, 5.41) is 12.6. The van der Waals surface area contributed by atoms with Gasteiger partial charge in [-0.25, -0.2) is 4.99 Å². The number of anilines is 1. The Labute approximate surface area is 132 Å². The number of H-pyrrole nitrogens is 1. The number of aliphatic hydroxyl groups excluding tert-OH is 1. The zero-order valence-corrected chi connectivity index (χ0v) is 12.7. The van der Waals surface area contributed by atoms with Crippen molar-refractivity contribution >= 4 is 28.6 Å². The molecule has 4 N–H and O–H groups in total. The molecule has 23 heavy (non-hydrogen) atoms. The molecular formula is C16H18N5O2+. The molecule has 0 saturated carbocycles. The number of para-hydroxylation sites is 1. The number of aliphatic hydroxyl groups is 1. The van der Waals surface area contributed by atoms with Crippen LogP contribution in [0.3, 0.4) is 0 Å². The number of aromatic nitrogens is 3. The quantitative estimate of drug-likeness (QED) is 0.482. The Kier molecular flexibility index (Phi) is 3.94. The molecule has 0 bridgehead atoms. The predicted molar refractivity (Wildman–Crippen MR) is 88.9 cm³/mol. The summed E-state index contributed by atoms with van der Waals surface area (Å²) in [6, 6.07) is 11.9. The molecule has 0 atom stereocenters. The van der Waals surface area contributed by atoms with Gasteiger partial charge in [0.05, 0.1) is 19.4 Å². The number of nitrogen functional groups attached to an aromatic ring is 1. The number of hydrogen-bond acceptors (Lipinski definition) is 4. The van der Waals surface area contributed by atoms with Crippen LogP contribution in [0.25, 0.3) is 10.9 Å². The van der Waals surface area contributed by atoms with Gasteiger partial charge >= 0.3 is 0 Å². The van der Waals surface area contributed by atoms with Gasteiger partial charge in [0.2, 0.25) is 11.2 Å². The topological polar surface area (TPSA) is 100 Å². The highest BCUT2D eigenvalue weighted by Crippen LogP contribution is 2.16. The lowest BCUT2D eigenvalue weighted by Gasteiger charge is -2.01. The van der Waals surface area contributed by atoms with Gasteiger partial charge in [0, 0.05) is 17.5 Å². The van der Waals surface area contributed by atoms with Crippen molar-refractivity contribution in [3.05, 3.63) is 52.4 Å². The van der Waals surface area contributed by atoms with Crippen LogP contribution in [0.1, 0.15) is 5.69 Å². The molecule has 0 radical (unpaired) electrons. The molecule has 3 rings (SSSR count). The maximum absolute atomic E-state index is 11.9. The SMILES string of the molecule is C[n+]1c(C=Nc2c(N)n(CCO)[nH]c2=O)ccc2ccccc21. The highest BCUT2D eigenvalue weighted by molar-refractivity contribution is 5.83. The highest BCUT2D eigenvalue weighted by atomic mass is 16.3. The van der Waals surface area contributed by atoms with Crippen LogP contribution in [0.5, 0.6) is 0 Å². The summed E-state index contributed by atoms with van der Waals surface area (Å²) in [6.45, 7) is 0.109. The van der Waals surface area contributed by atoms with Crippen LogP contribution in [-0.4, -0.2) is 27.7 Å². The van der Waals surface area contributed by atoms with Gasteiger partial charge in [-0.1, -0.05) is 12.1 Å². The van der Waals surface area contributed by atoms with Crippen molar-refractivity contribution in [3.63, 3.8) is 0 Å². The molecule has 2 heterocycles. The number of nitrogens with zero attached hydrogens (tertiary/aromatic N) is 3. The van der Waals surface area contributed by atoms with E-state index in [4.69, 9.17) is 10.8 Å². The van der Waals surface area contributed by atoms with Crippen LogP contribution in [0.15, 0.2) is 46.2 Å². The molecule has 0 aliphatic heterocycles. The number of fused-ring (bicyclic) bond motifs is 1. The smallest absolute Gasteiger partial charge is 0.292 e. The second-order valence-electron chi connectivity index (χ2n) is 5.18. The Morgan fingerprint density at radius 1 is 1.35 bits per heavy atom. The van der Waals surface area contributed by atoms with Crippen molar-refractivity contribution in [1.82, 2.24) is 9.78 Å². The molecule has 1 aromatic carbocycles. The van der Waals surface area contributed by atoms with Crippen LogP contribution in [0.2, 0.25) is 0 Å². The number of hydrogen-bond donors (Lipinski definition) is 3. The van der Waals surface area contributed by atoms with Crippen LogP contribution in [0, 0.1) is 0 Å². The van der Waals surface area contributed by atoms with Crippen LogP contribution in [-0.2, 0) is 13.6 Å². The van der Waals surface area contributed by atoms with E-state index in [2.05, 4.69) is 10.1 Å². The van der Waals surface area contributed by atoms with Crippen molar-refractivity contribution in [1.29, 1.82) is 0 Å². The van der Waals surface area contributed by atoms with Crippen molar-refractivity contribution in [2.24, 2.45) is 12.0 Å². The number of aryl methyl sites for hydroxylation is 1. The molecule has 0 unspecified atom stereocenters. The molecule has 7 heteroatoms. The summed E-state index contributed by atoms with van der Waals surface area (Å²) >= 11 is 0. The van der Waals surface area contributed by atoms with E-state index in [1.165, 1.54) is 4.68 Å². The molecule has 2 aromatic heterocycles. The summed E-state index contributed by atoms with van der Waals surface area (Å²) in [5.74, 6) is 0.212. The van der Waals surface area contributed by atoms with E-state index in [1.54, 1.807) is 6.21 Å². The lowest BCUT2D eigenvalue weighted by molar-refractivity contribution is -0.645. The monoisotopic (exact) mass is 312 g/mol. The van der Waals surface area contributed by atoms with Gasteiger partial charge in [-0.2, -0.15) is 4.57 Å². The number of benzene rings is 1. The Hall–Kier alpha value is -2.93. The first kappa shape index (κ1) is 15.0. The minimum Gasteiger partial charge on any atom is -0.394 e. The minimum absolute atomic E-state index is 0.113. The molecule has 118 valence electrons. The Balaban J connectivity index is 2.01. The fourth-order valence-electron chi connectivity index (χ4n) is 2.50. The Morgan fingerprint density at radius 2 is 2.13 bits per heavy atom. The first-order valence-corrected chi connectivity index (χ1v) is 7.23. The van der Waals surface area contributed by atoms with Crippen LogP contribution in [0.4, 0.5) is 11.5 Å². The first-order valence-electron chi connectivity index (χ1n) is 7.23. The molecule has 3 aromatic rings. The fourth-order valence-corrected chi connectivity index (χ4v) is 2.50. The van der Waals surface area contributed by atoms with Gasteiger partial charge in [0.25, 0.3) is 5.56 Å². The van der Waals surface area contributed by atoms with Crippen molar-refractivity contribution in [2.45, 2.75) is 6.54 Å². The lowest BCUT2D eigenvalue weighted by atomic mass is 10.2. The van der Waals surface area contributed by atoms with Gasteiger partial charge < -0.3 is 10.8 Å². The predicted octanol–water partition coefficient (Wildman–Crippen LogP) is 0.479. The van der Waals surface area contributed by atoms with Gasteiger partial charge in [-0.3, -0.25) is 14.6 Å². The van der Waals surface area contributed by atoms with E-state index < -0.39 is 0 Å². The number of aromatic amines is 1. The molecule has 0 amide bonds. The van der Waals surface area contributed by atoms with Gasteiger partial charge in [0.1, 0.15) is 12.9 Å². The molecule has 0 saturated heterocycles. The summed E-state index contributed by atoms with van der Waals surface area (Å²) < 4.78 is 3.38. The second-order valence-corrected chi connectivity index (χ2v) is 5.18. The third-order valence-corrected chi connectivity index (χ3v) is 3.75. The van der Waals surface area contributed by atoms with Gasteiger partial charge in [-0.15, -0.1) is 0 Å².